The molecule has 0 aliphatic heterocycles. The van der Waals surface area contributed by atoms with Gasteiger partial charge in [0.1, 0.15) is 15.9 Å². The molecule has 0 amide bonds. The molecule has 2 rings (SSSR count). The van der Waals surface area contributed by atoms with Crippen molar-refractivity contribution < 1.29 is 0 Å². The smallest absolute Gasteiger partial charge is 0.125 e. The van der Waals surface area contributed by atoms with Crippen molar-refractivity contribution in [3.8, 4) is 0 Å². The molecule has 0 spiro atoms. The van der Waals surface area contributed by atoms with Gasteiger partial charge in [0.25, 0.3) is 0 Å². The fourth-order valence-electron chi connectivity index (χ4n) is 1.48. The second-order valence-corrected chi connectivity index (χ2v) is 5.45. The fourth-order valence-corrected chi connectivity index (χ4v) is 2.92. The van der Waals surface area contributed by atoms with Crippen LogP contribution in [0.5, 0.6) is 0 Å². The van der Waals surface area contributed by atoms with E-state index in [9.17, 15) is 0 Å². The molecular formula is C12H11BrN4S. The van der Waals surface area contributed by atoms with Crippen molar-refractivity contribution in [1.82, 2.24) is 9.97 Å². The Morgan fingerprint density at radius 2 is 2.00 bits per heavy atom. The Morgan fingerprint density at radius 1 is 1.28 bits per heavy atom. The van der Waals surface area contributed by atoms with Crippen LogP contribution in [0.2, 0.25) is 0 Å². The van der Waals surface area contributed by atoms with E-state index in [2.05, 4.69) is 25.9 Å². The Balaban J connectivity index is 2.44. The van der Waals surface area contributed by atoms with Gasteiger partial charge in [-0.2, -0.15) is 0 Å². The number of nitrogens with two attached hydrogens (primary N) is 1. The van der Waals surface area contributed by atoms with E-state index >= 15 is 0 Å². The molecule has 0 saturated carbocycles. The highest BCUT2D eigenvalue weighted by Gasteiger charge is 2.13. The molecule has 0 aliphatic rings. The maximum Gasteiger partial charge on any atom is 0.125 e. The number of nitrogen functional groups attached to an aromatic ring is 1. The zero-order valence-corrected chi connectivity index (χ0v) is 12.0. The van der Waals surface area contributed by atoms with Crippen LogP contribution in [0, 0.1) is 12.3 Å². The summed E-state index contributed by atoms with van der Waals surface area (Å²) >= 11 is 4.83. The molecule has 2 heterocycles. The number of pyridine rings is 2. The number of amidine groups is 1. The summed E-state index contributed by atoms with van der Waals surface area (Å²) in [6.07, 6.45) is 3.43. The number of aromatic nitrogens is 2. The summed E-state index contributed by atoms with van der Waals surface area (Å²) in [5.74, 6) is 0.0233. The predicted molar refractivity (Wildman–Crippen MR) is 76.1 cm³/mol. The number of nitrogens with one attached hydrogen (secondary N) is 1. The van der Waals surface area contributed by atoms with Crippen molar-refractivity contribution >= 4 is 33.5 Å². The number of hydrogen-bond acceptors (Lipinski definition) is 4. The number of nitrogens with zero attached hydrogens (tertiary/aromatic N) is 2. The lowest BCUT2D eigenvalue weighted by Gasteiger charge is -2.09. The number of rotatable bonds is 3. The summed E-state index contributed by atoms with van der Waals surface area (Å²) in [4.78, 5) is 8.55. The molecule has 92 valence electrons. The molecule has 2 aromatic heterocycles. The van der Waals surface area contributed by atoms with Crippen LogP contribution in [0.3, 0.4) is 0 Å². The zero-order valence-electron chi connectivity index (χ0n) is 9.64. The molecule has 0 fully saturated rings. The summed E-state index contributed by atoms with van der Waals surface area (Å²) in [6, 6.07) is 5.61. The Kier molecular flexibility index (Phi) is 3.98. The normalized spacial score (nSPS) is 10.3. The van der Waals surface area contributed by atoms with E-state index in [0.29, 0.717) is 10.6 Å². The molecule has 0 aliphatic carbocycles. The first-order chi connectivity index (χ1) is 8.59. The first kappa shape index (κ1) is 13.0. The lowest BCUT2D eigenvalue weighted by atomic mass is 10.1. The number of aryl methyl sites for hydroxylation is 1. The second kappa shape index (κ2) is 5.49. The summed E-state index contributed by atoms with van der Waals surface area (Å²) in [6.45, 7) is 1.91. The van der Waals surface area contributed by atoms with Crippen molar-refractivity contribution in [1.29, 1.82) is 5.41 Å². The summed E-state index contributed by atoms with van der Waals surface area (Å²) in [5, 5.41) is 9.13. The highest BCUT2D eigenvalue weighted by atomic mass is 79.9. The summed E-state index contributed by atoms with van der Waals surface area (Å²) in [7, 11) is 0. The third-order valence-electron chi connectivity index (χ3n) is 2.31. The first-order valence-corrected chi connectivity index (χ1v) is 6.79. The maximum atomic E-state index is 7.63. The van der Waals surface area contributed by atoms with Gasteiger partial charge in [0.05, 0.1) is 10.0 Å². The van der Waals surface area contributed by atoms with E-state index in [0.717, 1.165) is 15.1 Å². The highest BCUT2D eigenvalue weighted by molar-refractivity contribution is 9.10. The molecule has 0 saturated heterocycles. The molecule has 2 aromatic rings. The van der Waals surface area contributed by atoms with Gasteiger partial charge in [-0.1, -0.05) is 0 Å². The average Bonchev–Trinajstić information content (AvgIpc) is 2.31. The van der Waals surface area contributed by atoms with E-state index in [4.69, 9.17) is 11.1 Å². The van der Waals surface area contributed by atoms with E-state index in [-0.39, 0.29) is 5.84 Å². The van der Waals surface area contributed by atoms with Gasteiger partial charge in [-0.15, -0.1) is 0 Å². The highest BCUT2D eigenvalue weighted by Crippen LogP contribution is 2.32. The van der Waals surface area contributed by atoms with Crippen LogP contribution in [0.15, 0.2) is 45.1 Å². The van der Waals surface area contributed by atoms with Crippen molar-refractivity contribution in [3.05, 3.63) is 46.2 Å². The maximum absolute atomic E-state index is 7.63. The summed E-state index contributed by atoms with van der Waals surface area (Å²) in [5.41, 5.74) is 7.21. The van der Waals surface area contributed by atoms with Gasteiger partial charge < -0.3 is 5.73 Å². The molecule has 3 N–H and O–H groups in total. The van der Waals surface area contributed by atoms with Crippen LogP contribution in [-0.2, 0) is 0 Å². The number of halogens is 1. The monoisotopic (exact) mass is 322 g/mol. The van der Waals surface area contributed by atoms with Gasteiger partial charge in [0.15, 0.2) is 0 Å². The molecule has 6 heteroatoms. The van der Waals surface area contributed by atoms with Gasteiger partial charge in [-0.3, -0.25) is 5.41 Å². The first-order valence-electron chi connectivity index (χ1n) is 5.18. The largest absolute Gasteiger partial charge is 0.384 e. The van der Waals surface area contributed by atoms with Crippen LogP contribution in [0.4, 0.5) is 0 Å². The topological polar surface area (TPSA) is 75.7 Å². The minimum atomic E-state index is 0.0233. The van der Waals surface area contributed by atoms with Crippen LogP contribution in [0.1, 0.15) is 11.1 Å². The molecule has 4 nitrogen and oxygen atoms in total. The Labute approximate surface area is 118 Å². The third-order valence-corrected chi connectivity index (χ3v) is 4.24. The van der Waals surface area contributed by atoms with E-state index in [1.165, 1.54) is 11.8 Å². The molecule has 0 unspecified atom stereocenters. The molecule has 0 radical (unpaired) electrons. The van der Waals surface area contributed by atoms with Gasteiger partial charge in [-0.05, 0) is 58.4 Å². The van der Waals surface area contributed by atoms with E-state index < -0.39 is 0 Å². The van der Waals surface area contributed by atoms with Gasteiger partial charge in [-0.25, -0.2) is 9.97 Å². The van der Waals surface area contributed by atoms with Crippen molar-refractivity contribution in [2.75, 3.05) is 0 Å². The van der Waals surface area contributed by atoms with Crippen molar-refractivity contribution in [2.24, 2.45) is 5.73 Å². The Bertz CT molecular complexity index is 600. The second-order valence-electron chi connectivity index (χ2n) is 3.61. The molecule has 0 bridgehead atoms. The molecular weight excluding hydrogens is 312 g/mol. The van der Waals surface area contributed by atoms with Gasteiger partial charge in [0.2, 0.25) is 0 Å². The third kappa shape index (κ3) is 2.70. The zero-order chi connectivity index (χ0) is 13.1. The standard InChI is InChI=1S/C12H11BrN4S/c1-7-4-6-17-12(9(7)10(14)15)18-11-8(13)3-2-5-16-11/h2-6H,1H3,(H3,14,15). The fraction of sp³-hybridized carbons (Fsp3) is 0.0833. The SMILES string of the molecule is Cc1ccnc(Sc2ncccc2Br)c1C(=N)N. The summed E-state index contributed by atoms with van der Waals surface area (Å²) < 4.78 is 0.896. The lowest BCUT2D eigenvalue weighted by molar-refractivity contribution is 1.06. The van der Waals surface area contributed by atoms with Crippen LogP contribution in [-0.4, -0.2) is 15.8 Å². The Hall–Kier alpha value is -1.40. The van der Waals surface area contributed by atoms with E-state index in [1.54, 1.807) is 12.4 Å². The predicted octanol–water partition coefficient (Wildman–Crippen LogP) is 2.98. The molecule has 0 atom stereocenters. The van der Waals surface area contributed by atoms with Crippen LogP contribution in [0.25, 0.3) is 0 Å². The lowest BCUT2D eigenvalue weighted by Crippen LogP contribution is -2.14. The number of hydrogen-bond donors (Lipinski definition) is 2. The minimum Gasteiger partial charge on any atom is -0.384 e. The van der Waals surface area contributed by atoms with Crippen LogP contribution < -0.4 is 5.73 Å². The van der Waals surface area contributed by atoms with Crippen molar-refractivity contribution in [2.45, 2.75) is 17.0 Å². The quantitative estimate of drug-likeness (QED) is 0.672. The Morgan fingerprint density at radius 3 is 2.67 bits per heavy atom. The van der Waals surface area contributed by atoms with Crippen LogP contribution >= 0.6 is 27.7 Å². The molecule has 0 aromatic carbocycles. The van der Waals surface area contributed by atoms with Gasteiger partial charge >= 0.3 is 0 Å². The van der Waals surface area contributed by atoms with Gasteiger partial charge in [0, 0.05) is 12.4 Å². The van der Waals surface area contributed by atoms with Crippen molar-refractivity contribution in [3.63, 3.8) is 0 Å². The van der Waals surface area contributed by atoms with E-state index in [1.807, 2.05) is 25.1 Å². The molecule has 18 heavy (non-hydrogen) atoms. The minimum absolute atomic E-state index is 0.0233. The average molecular weight is 323 g/mol.